The standard InChI is InChI=1S/C10H11N5O/c1-11-9-4-2-3-8(15-9)10(16)14-7-5-12-13-6-7/h2-6H,1H3,(H,11,15)(H,12,13)(H,14,16). The summed E-state index contributed by atoms with van der Waals surface area (Å²) < 4.78 is 0. The fraction of sp³-hybridized carbons (Fsp3) is 0.100. The van der Waals surface area contributed by atoms with Gasteiger partial charge in [-0.25, -0.2) is 4.98 Å². The van der Waals surface area contributed by atoms with Gasteiger partial charge in [0.15, 0.2) is 0 Å². The van der Waals surface area contributed by atoms with Crippen molar-refractivity contribution in [1.82, 2.24) is 15.2 Å². The number of pyridine rings is 1. The lowest BCUT2D eigenvalue weighted by atomic mass is 10.3. The highest BCUT2D eigenvalue weighted by molar-refractivity contribution is 6.02. The predicted molar refractivity (Wildman–Crippen MR) is 60.3 cm³/mol. The molecule has 0 saturated heterocycles. The number of rotatable bonds is 3. The van der Waals surface area contributed by atoms with Crippen LogP contribution >= 0.6 is 0 Å². The van der Waals surface area contributed by atoms with Crippen LogP contribution in [-0.4, -0.2) is 28.1 Å². The number of hydrogen-bond donors (Lipinski definition) is 3. The highest BCUT2D eigenvalue weighted by Gasteiger charge is 2.08. The molecular weight excluding hydrogens is 206 g/mol. The molecule has 0 bridgehead atoms. The summed E-state index contributed by atoms with van der Waals surface area (Å²) in [5.41, 5.74) is 0.967. The lowest BCUT2D eigenvalue weighted by Gasteiger charge is -2.03. The number of carbonyl (C=O) groups excluding carboxylic acids is 1. The maximum Gasteiger partial charge on any atom is 0.274 e. The van der Waals surface area contributed by atoms with Crippen molar-refractivity contribution in [3.05, 3.63) is 36.3 Å². The first kappa shape index (κ1) is 10.2. The van der Waals surface area contributed by atoms with Gasteiger partial charge in [-0.05, 0) is 12.1 Å². The van der Waals surface area contributed by atoms with Crippen LogP contribution in [0.25, 0.3) is 0 Å². The summed E-state index contributed by atoms with van der Waals surface area (Å²) in [5.74, 6) is 0.387. The molecule has 2 heterocycles. The maximum atomic E-state index is 11.7. The van der Waals surface area contributed by atoms with Gasteiger partial charge in [0.1, 0.15) is 11.5 Å². The van der Waals surface area contributed by atoms with Crippen molar-refractivity contribution in [1.29, 1.82) is 0 Å². The van der Waals surface area contributed by atoms with E-state index in [-0.39, 0.29) is 5.91 Å². The number of carbonyl (C=O) groups is 1. The molecule has 0 aliphatic carbocycles. The van der Waals surface area contributed by atoms with E-state index in [9.17, 15) is 4.79 Å². The van der Waals surface area contributed by atoms with E-state index in [0.717, 1.165) is 0 Å². The molecular formula is C10H11N5O. The largest absolute Gasteiger partial charge is 0.373 e. The molecule has 0 spiro atoms. The van der Waals surface area contributed by atoms with E-state index in [0.29, 0.717) is 17.2 Å². The van der Waals surface area contributed by atoms with Crippen molar-refractivity contribution >= 4 is 17.4 Å². The van der Waals surface area contributed by atoms with E-state index >= 15 is 0 Å². The molecule has 0 aliphatic rings. The number of nitrogens with one attached hydrogen (secondary N) is 3. The van der Waals surface area contributed by atoms with Crippen LogP contribution < -0.4 is 10.6 Å². The summed E-state index contributed by atoms with van der Waals surface area (Å²) in [4.78, 5) is 15.9. The Bertz CT molecular complexity index is 480. The molecule has 3 N–H and O–H groups in total. The van der Waals surface area contributed by atoms with Gasteiger partial charge in [-0.3, -0.25) is 9.89 Å². The Balaban J connectivity index is 2.14. The molecule has 0 fully saturated rings. The number of nitrogens with zero attached hydrogens (tertiary/aromatic N) is 2. The summed E-state index contributed by atoms with van der Waals surface area (Å²) in [6, 6.07) is 5.20. The van der Waals surface area contributed by atoms with Crippen LogP contribution in [0.3, 0.4) is 0 Å². The Morgan fingerprint density at radius 3 is 3.00 bits per heavy atom. The molecule has 6 nitrogen and oxygen atoms in total. The molecule has 82 valence electrons. The van der Waals surface area contributed by atoms with Gasteiger partial charge in [0.2, 0.25) is 0 Å². The van der Waals surface area contributed by atoms with E-state index in [1.165, 1.54) is 6.20 Å². The second-order valence-corrected chi connectivity index (χ2v) is 3.10. The number of H-pyrrole nitrogens is 1. The van der Waals surface area contributed by atoms with Crippen LogP contribution in [0.2, 0.25) is 0 Å². The average molecular weight is 217 g/mol. The van der Waals surface area contributed by atoms with Gasteiger partial charge in [-0.2, -0.15) is 5.10 Å². The van der Waals surface area contributed by atoms with E-state index in [1.807, 2.05) is 0 Å². The molecule has 0 aliphatic heterocycles. The Hall–Kier alpha value is -2.37. The normalized spacial score (nSPS) is 9.81. The fourth-order valence-electron chi connectivity index (χ4n) is 1.21. The monoisotopic (exact) mass is 217 g/mol. The number of anilines is 2. The number of amides is 1. The van der Waals surface area contributed by atoms with E-state index in [4.69, 9.17) is 0 Å². The second-order valence-electron chi connectivity index (χ2n) is 3.10. The van der Waals surface area contributed by atoms with Crippen LogP contribution in [0.1, 0.15) is 10.5 Å². The molecule has 0 unspecified atom stereocenters. The van der Waals surface area contributed by atoms with Gasteiger partial charge in [0, 0.05) is 13.2 Å². The summed E-state index contributed by atoms with van der Waals surface area (Å²) in [6.45, 7) is 0. The Morgan fingerprint density at radius 2 is 2.31 bits per heavy atom. The van der Waals surface area contributed by atoms with Gasteiger partial charge in [0.25, 0.3) is 5.91 Å². The lowest BCUT2D eigenvalue weighted by Crippen LogP contribution is -2.13. The number of aromatic amines is 1. The first-order chi connectivity index (χ1) is 7.79. The molecule has 0 radical (unpaired) electrons. The van der Waals surface area contributed by atoms with E-state index < -0.39 is 0 Å². The molecule has 0 aromatic carbocycles. The van der Waals surface area contributed by atoms with Gasteiger partial charge in [-0.1, -0.05) is 6.07 Å². The van der Waals surface area contributed by atoms with Crippen LogP contribution in [0.15, 0.2) is 30.6 Å². The third-order valence-electron chi connectivity index (χ3n) is 1.99. The molecule has 16 heavy (non-hydrogen) atoms. The minimum Gasteiger partial charge on any atom is -0.373 e. The summed E-state index contributed by atoms with van der Waals surface area (Å²) in [6.07, 6.45) is 3.12. The molecule has 1 amide bonds. The fourth-order valence-corrected chi connectivity index (χ4v) is 1.21. The second kappa shape index (κ2) is 4.43. The molecule has 0 saturated carbocycles. The molecule has 2 aromatic heterocycles. The van der Waals surface area contributed by atoms with Crippen LogP contribution in [0, 0.1) is 0 Å². The zero-order valence-electron chi connectivity index (χ0n) is 8.69. The van der Waals surface area contributed by atoms with Crippen LogP contribution in [-0.2, 0) is 0 Å². The quantitative estimate of drug-likeness (QED) is 0.719. The highest BCUT2D eigenvalue weighted by atomic mass is 16.1. The van der Waals surface area contributed by atoms with E-state index in [2.05, 4.69) is 25.8 Å². The minimum atomic E-state index is -0.265. The third kappa shape index (κ3) is 2.17. The van der Waals surface area contributed by atoms with Crippen molar-refractivity contribution in [2.24, 2.45) is 0 Å². The highest BCUT2D eigenvalue weighted by Crippen LogP contribution is 2.07. The average Bonchev–Trinajstić information content (AvgIpc) is 2.82. The SMILES string of the molecule is CNc1cccc(C(=O)Nc2cn[nH]c2)n1. The Morgan fingerprint density at radius 1 is 1.44 bits per heavy atom. The number of aromatic nitrogens is 3. The Labute approximate surface area is 92.1 Å². The smallest absolute Gasteiger partial charge is 0.274 e. The van der Waals surface area contributed by atoms with Gasteiger partial charge in [-0.15, -0.1) is 0 Å². The van der Waals surface area contributed by atoms with Crippen molar-refractivity contribution in [3.63, 3.8) is 0 Å². The Kier molecular flexibility index (Phi) is 2.81. The van der Waals surface area contributed by atoms with E-state index in [1.54, 1.807) is 31.4 Å². The topological polar surface area (TPSA) is 82.7 Å². The molecule has 0 atom stereocenters. The van der Waals surface area contributed by atoms with Crippen molar-refractivity contribution < 1.29 is 4.79 Å². The molecule has 6 heteroatoms. The number of hydrogen-bond acceptors (Lipinski definition) is 4. The van der Waals surface area contributed by atoms with Gasteiger partial charge >= 0.3 is 0 Å². The summed E-state index contributed by atoms with van der Waals surface area (Å²) in [5, 5.41) is 11.9. The van der Waals surface area contributed by atoms with Gasteiger partial charge < -0.3 is 10.6 Å². The van der Waals surface area contributed by atoms with Crippen molar-refractivity contribution in [2.75, 3.05) is 17.7 Å². The zero-order valence-corrected chi connectivity index (χ0v) is 8.69. The molecule has 2 rings (SSSR count). The lowest BCUT2D eigenvalue weighted by molar-refractivity contribution is 0.102. The van der Waals surface area contributed by atoms with Crippen molar-refractivity contribution in [2.45, 2.75) is 0 Å². The van der Waals surface area contributed by atoms with Gasteiger partial charge in [0.05, 0.1) is 11.9 Å². The first-order valence-electron chi connectivity index (χ1n) is 4.74. The zero-order chi connectivity index (χ0) is 11.4. The molecule has 2 aromatic rings. The summed E-state index contributed by atoms with van der Waals surface area (Å²) >= 11 is 0. The third-order valence-corrected chi connectivity index (χ3v) is 1.99. The predicted octanol–water partition coefficient (Wildman–Crippen LogP) is 1.10. The van der Waals surface area contributed by atoms with Crippen LogP contribution in [0.4, 0.5) is 11.5 Å². The summed E-state index contributed by atoms with van der Waals surface area (Å²) in [7, 11) is 1.75. The maximum absolute atomic E-state index is 11.7. The van der Waals surface area contributed by atoms with Crippen molar-refractivity contribution in [3.8, 4) is 0 Å². The van der Waals surface area contributed by atoms with Crippen LogP contribution in [0.5, 0.6) is 0 Å². The minimum absolute atomic E-state index is 0.265. The first-order valence-corrected chi connectivity index (χ1v) is 4.74.